The Kier molecular flexibility index (Phi) is 13.1. The van der Waals surface area contributed by atoms with Gasteiger partial charge in [-0.15, -0.1) is 0 Å². The summed E-state index contributed by atoms with van der Waals surface area (Å²) in [6.07, 6.45) is -0.405. The van der Waals surface area contributed by atoms with Crippen LogP contribution in [0.15, 0.2) is 109 Å². The molecule has 4 aromatic carbocycles. The molecule has 0 aromatic heterocycles. The first kappa shape index (κ1) is 33.3. The molecule has 4 atom stereocenters. The number of rotatable bonds is 12. The third-order valence-corrected chi connectivity index (χ3v) is 7.65. The van der Waals surface area contributed by atoms with Crippen molar-refractivity contribution in [3.8, 4) is 23.0 Å². The van der Waals surface area contributed by atoms with Crippen LogP contribution in [0.5, 0.6) is 23.0 Å². The Hall–Kier alpha value is -4.08. The number of hydrogen-bond acceptors (Lipinski definition) is 8. The van der Waals surface area contributed by atoms with E-state index < -0.39 is 0 Å². The van der Waals surface area contributed by atoms with Crippen molar-refractivity contribution in [3.63, 3.8) is 0 Å². The van der Waals surface area contributed by atoms with Gasteiger partial charge in [-0.2, -0.15) is 0 Å². The summed E-state index contributed by atoms with van der Waals surface area (Å²) in [4.78, 5) is 0. The largest absolute Gasteiger partial charge is 0.490 e. The minimum absolute atomic E-state index is 0.0270. The zero-order valence-electron chi connectivity index (χ0n) is 26.8. The molecule has 46 heavy (non-hydrogen) atoms. The van der Waals surface area contributed by atoms with Crippen LogP contribution in [0.3, 0.4) is 0 Å². The molecular weight excluding hydrogens is 580 g/mol. The van der Waals surface area contributed by atoms with Gasteiger partial charge in [0.1, 0.15) is 12.2 Å². The average Bonchev–Trinajstić information content (AvgIpc) is 3.13. The molecule has 8 heteroatoms. The van der Waals surface area contributed by atoms with Crippen molar-refractivity contribution in [2.45, 2.75) is 38.3 Å². The summed E-state index contributed by atoms with van der Waals surface area (Å²) in [6, 6.07) is 36.0. The normalized spacial score (nSPS) is 19.1. The van der Waals surface area contributed by atoms with Crippen molar-refractivity contribution in [3.05, 3.63) is 120 Å². The van der Waals surface area contributed by atoms with Crippen LogP contribution >= 0.6 is 0 Å². The molecule has 0 aliphatic carbocycles. The molecule has 2 heterocycles. The molecule has 2 aliphatic rings. The summed E-state index contributed by atoms with van der Waals surface area (Å²) in [6.45, 7) is 9.87. The van der Waals surface area contributed by atoms with Crippen molar-refractivity contribution in [1.29, 1.82) is 0 Å². The number of morpholine rings is 2. The smallest absolute Gasteiger partial charge is 0.162 e. The van der Waals surface area contributed by atoms with Crippen molar-refractivity contribution in [2.75, 3.05) is 52.6 Å². The number of para-hydroxylation sites is 4. The van der Waals surface area contributed by atoms with Gasteiger partial charge in [0.05, 0.1) is 26.4 Å². The van der Waals surface area contributed by atoms with Gasteiger partial charge in [-0.3, -0.25) is 0 Å². The van der Waals surface area contributed by atoms with E-state index in [9.17, 15) is 0 Å². The van der Waals surface area contributed by atoms with Crippen LogP contribution in [0, 0.1) is 0 Å². The maximum Gasteiger partial charge on any atom is 0.162 e. The van der Waals surface area contributed by atoms with Gasteiger partial charge in [0.25, 0.3) is 0 Å². The van der Waals surface area contributed by atoms with E-state index in [4.69, 9.17) is 28.4 Å². The van der Waals surface area contributed by atoms with Gasteiger partial charge < -0.3 is 39.1 Å². The number of nitrogens with one attached hydrogen (secondary N) is 2. The first-order valence-electron chi connectivity index (χ1n) is 16.3. The Labute approximate surface area is 272 Å². The lowest BCUT2D eigenvalue weighted by Crippen LogP contribution is -2.43. The highest BCUT2D eigenvalue weighted by Crippen LogP contribution is 2.35. The van der Waals surface area contributed by atoms with E-state index in [1.807, 2.05) is 98.8 Å². The fraction of sp³-hybridized carbons (Fsp3) is 0.368. The monoisotopic (exact) mass is 626 g/mol. The topological polar surface area (TPSA) is 79.4 Å². The third kappa shape index (κ3) is 9.47. The van der Waals surface area contributed by atoms with E-state index in [1.54, 1.807) is 0 Å². The van der Waals surface area contributed by atoms with Crippen LogP contribution in [0.25, 0.3) is 0 Å². The van der Waals surface area contributed by atoms with Crippen molar-refractivity contribution >= 4 is 0 Å². The van der Waals surface area contributed by atoms with Gasteiger partial charge >= 0.3 is 0 Å². The van der Waals surface area contributed by atoms with Crippen molar-refractivity contribution in [2.24, 2.45) is 0 Å². The highest BCUT2D eigenvalue weighted by atomic mass is 16.6. The van der Waals surface area contributed by atoms with Crippen LogP contribution < -0.4 is 29.6 Å². The van der Waals surface area contributed by atoms with E-state index in [1.165, 1.54) is 0 Å². The molecule has 0 unspecified atom stereocenters. The molecule has 0 bridgehead atoms. The minimum Gasteiger partial charge on any atom is -0.490 e. The van der Waals surface area contributed by atoms with Crippen LogP contribution in [0.4, 0.5) is 0 Å². The Bertz CT molecular complexity index is 1300. The fourth-order valence-corrected chi connectivity index (χ4v) is 5.48. The number of benzene rings is 4. The van der Waals surface area contributed by atoms with Gasteiger partial charge in [-0.05, 0) is 49.2 Å². The number of ether oxygens (including phenoxy) is 6. The molecular formula is C38H46N2O6. The molecule has 4 aromatic rings. The zero-order chi connectivity index (χ0) is 31.8. The van der Waals surface area contributed by atoms with Gasteiger partial charge in [-0.25, -0.2) is 0 Å². The lowest BCUT2D eigenvalue weighted by atomic mass is 10.0. The standard InChI is InChI=1S/2C19H23NO3/c2*1-2-21-16-10-6-7-11-17(16)23-19(15-8-4-3-5-9-15)18-14-20-12-13-22-18/h2*3-11,18-20H,2,12-14H2,1H3/t2*18-,19-/m10/s1. The second-order valence-corrected chi connectivity index (χ2v) is 10.9. The average molecular weight is 627 g/mol. The van der Waals surface area contributed by atoms with Crippen LogP contribution in [-0.4, -0.2) is 64.8 Å². The van der Waals surface area contributed by atoms with E-state index in [0.29, 0.717) is 26.4 Å². The molecule has 2 N–H and O–H groups in total. The summed E-state index contributed by atoms with van der Waals surface area (Å²) >= 11 is 0. The second kappa shape index (κ2) is 18.2. The summed E-state index contributed by atoms with van der Waals surface area (Å²) < 4.78 is 35.9. The second-order valence-electron chi connectivity index (χ2n) is 10.9. The van der Waals surface area contributed by atoms with E-state index in [0.717, 1.165) is 60.3 Å². The van der Waals surface area contributed by atoms with Gasteiger partial charge in [0.2, 0.25) is 0 Å². The molecule has 6 rings (SSSR count). The fourth-order valence-electron chi connectivity index (χ4n) is 5.48. The zero-order valence-corrected chi connectivity index (χ0v) is 26.8. The van der Waals surface area contributed by atoms with E-state index in [2.05, 4.69) is 34.9 Å². The molecule has 0 saturated carbocycles. The molecule has 2 fully saturated rings. The lowest BCUT2D eigenvalue weighted by molar-refractivity contribution is -0.0439. The molecule has 0 spiro atoms. The molecule has 0 amide bonds. The maximum atomic E-state index is 6.33. The van der Waals surface area contributed by atoms with Gasteiger partial charge in [-0.1, -0.05) is 84.9 Å². The summed E-state index contributed by atoms with van der Waals surface area (Å²) in [5, 5.41) is 6.75. The summed E-state index contributed by atoms with van der Waals surface area (Å²) in [5.74, 6) is 3.02. The molecule has 244 valence electrons. The SMILES string of the molecule is CCOc1ccccc1O[C@@H](c1ccccc1)[C@@H]1CNCCO1.CCOc1ccccc1O[C@H](c1ccccc1)[C@H]1CNCCO1. The molecule has 0 radical (unpaired) electrons. The van der Waals surface area contributed by atoms with Gasteiger partial charge in [0, 0.05) is 26.2 Å². The predicted octanol–water partition coefficient (Wildman–Crippen LogP) is 6.39. The lowest BCUT2D eigenvalue weighted by Gasteiger charge is -2.32. The molecule has 2 aliphatic heterocycles. The first-order valence-corrected chi connectivity index (χ1v) is 16.3. The van der Waals surface area contributed by atoms with E-state index in [-0.39, 0.29) is 24.4 Å². The highest BCUT2D eigenvalue weighted by Gasteiger charge is 2.30. The Morgan fingerprint density at radius 1 is 0.543 bits per heavy atom. The maximum absolute atomic E-state index is 6.33. The first-order chi connectivity index (χ1) is 22.8. The summed E-state index contributed by atoms with van der Waals surface area (Å²) in [5.41, 5.74) is 2.21. The predicted molar refractivity (Wildman–Crippen MR) is 180 cm³/mol. The Balaban J connectivity index is 0.000000181. The van der Waals surface area contributed by atoms with Gasteiger partial charge in [0.15, 0.2) is 35.2 Å². The minimum atomic E-state index is -0.175. The van der Waals surface area contributed by atoms with Crippen molar-refractivity contribution in [1.82, 2.24) is 10.6 Å². The molecule has 8 nitrogen and oxygen atoms in total. The number of hydrogen-bond donors (Lipinski definition) is 2. The highest BCUT2D eigenvalue weighted by molar-refractivity contribution is 5.41. The molecule has 2 saturated heterocycles. The Morgan fingerprint density at radius 3 is 1.26 bits per heavy atom. The Morgan fingerprint density at radius 2 is 0.913 bits per heavy atom. The van der Waals surface area contributed by atoms with E-state index >= 15 is 0 Å². The van der Waals surface area contributed by atoms with Crippen LogP contribution in [0.2, 0.25) is 0 Å². The van der Waals surface area contributed by atoms with Crippen molar-refractivity contribution < 1.29 is 28.4 Å². The quantitative estimate of drug-likeness (QED) is 0.187. The third-order valence-electron chi connectivity index (χ3n) is 7.65. The summed E-state index contributed by atoms with van der Waals surface area (Å²) in [7, 11) is 0. The van der Waals surface area contributed by atoms with Crippen LogP contribution in [0.1, 0.15) is 37.2 Å². The van der Waals surface area contributed by atoms with Crippen LogP contribution in [-0.2, 0) is 9.47 Å².